The third kappa shape index (κ3) is 1.89. The maximum absolute atomic E-state index is 11.1. The zero-order chi connectivity index (χ0) is 10.8. The van der Waals surface area contributed by atoms with Gasteiger partial charge in [-0.2, -0.15) is 0 Å². The van der Waals surface area contributed by atoms with Gasteiger partial charge in [0.2, 0.25) is 5.91 Å². The predicted octanol–water partition coefficient (Wildman–Crippen LogP) is 0.770. The highest BCUT2D eigenvalue weighted by Gasteiger charge is 2.15. The van der Waals surface area contributed by atoms with E-state index >= 15 is 0 Å². The van der Waals surface area contributed by atoms with E-state index in [0.717, 1.165) is 16.8 Å². The summed E-state index contributed by atoms with van der Waals surface area (Å²) in [5.41, 5.74) is 8.26. The number of benzene rings is 1. The largest absolute Gasteiger partial charge is 0.326 e. The Morgan fingerprint density at radius 3 is 2.93 bits per heavy atom. The molecule has 0 aromatic heterocycles. The Kier molecular flexibility index (Phi) is 2.51. The summed E-state index contributed by atoms with van der Waals surface area (Å²) in [4.78, 5) is 21.6. The highest BCUT2D eigenvalue weighted by Crippen LogP contribution is 2.24. The number of aryl methyl sites for hydroxylation is 1. The van der Waals surface area contributed by atoms with Gasteiger partial charge in [0.05, 0.1) is 6.04 Å². The van der Waals surface area contributed by atoms with E-state index < -0.39 is 6.04 Å². The van der Waals surface area contributed by atoms with Crippen molar-refractivity contribution in [3.05, 3.63) is 29.3 Å². The summed E-state index contributed by atoms with van der Waals surface area (Å²) in [7, 11) is 0. The van der Waals surface area contributed by atoms with Crippen LogP contribution in [0.25, 0.3) is 0 Å². The van der Waals surface area contributed by atoms with Crippen LogP contribution in [0.5, 0.6) is 0 Å². The molecule has 0 saturated carbocycles. The van der Waals surface area contributed by atoms with Gasteiger partial charge in [-0.3, -0.25) is 4.79 Å². The molecule has 1 unspecified atom stereocenters. The van der Waals surface area contributed by atoms with Gasteiger partial charge in [0.15, 0.2) is 0 Å². The first-order valence-electron chi connectivity index (χ1n) is 4.84. The Labute approximate surface area is 87.5 Å². The molecule has 1 aliphatic heterocycles. The molecular formula is C11H12N2O2. The van der Waals surface area contributed by atoms with Crippen molar-refractivity contribution in [3.63, 3.8) is 0 Å². The second kappa shape index (κ2) is 3.82. The van der Waals surface area contributed by atoms with Gasteiger partial charge >= 0.3 is 0 Å². The SMILES string of the molecule is NC(C=O)c1ccc2c(c1)CCC(=O)N2. The number of hydrogen-bond acceptors (Lipinski definition) is 3. The van der Waals surface area contributed by atoms with Gasteiger partial charge in [-0.1, -0.05) is 12.1 Å². The first kappa shape index (κ1) is 9.86. The van der Waals surface area contributed by atoms with E-state index in [9.17, 15) is 9.59 Å². The number of rotatable bonds is 2. The lowest BCUT2D eigenvalue weighted by atomic mass is 9.98. The van der Waals surface area contributed by atoms with Crippen molar-refractivity contribution in [2.75, 3.05) is 5.32 Å². The van der Waals surface area contributed by atoms with Crippen molar-refractivity contribution in [2.24, 2.45) is 5.73 Å². The van der Waals surface area contributed by atoms with E-state index in [0.29, 0.717) is 19.1 Å². The van der Waals surface area contributed by atoms with Crippen LogP contribution in [0.1, 0.15) is 23.6 Å². The molecule has 1 aliphatic rings. The first-order chi connectivity index (χ1) is 7.20. The van der Waals surface area contributed by atoms with E-state index in [1.807, 2.05) is 6.07 Å². The molecule has 78 valence electrons. The van der Waals surface area contributed by atoms with Crippen molar-refractivity contribution >= 4 is 17.9 Å². The number of carbonyl (C=O) groups excluding carboxylic acids is 2. The molecule has 15 heavy (non-hydrogen) atoms. The average Bonchev–Trinajstić information content (AvgIpc) is 2.27. The Bertz CT molecular complexity index is 415. The summed E-state index contributed by atoms with van der Waals surface area (Å²) in [6.07, 6.45) is 1.91. The second-order valence-electron chi connectivity index (χ2n) is 3.63. The van der Waals surface area contributed by atoms with Crippen LogP contribution in [0.2, 0.25) is 0 Å². The minimum absolute atomic E-state index is 0.0370. The second-order valence-corrected chi connectivity index (χ2v) is 3.63. The number of carbonyl (C=O) groups is 2. The van der Waals surface area contributed by atoms with Gasteiger partial charge in [0.1, 0.15) is 6.29 Å². The third-order valence-electron chi connectivity index (χ3n) is 2.56. The maximum atomic E-state index is 11.1. The van der Waals surface area contributed by atoms with Gasteiger partial charge in [0, 0.05) is 12.1 Å². The van der Waals surface area contributed by atoms with E-state index in [4.69, 9.17) is 5.73 Å². The summed E-state index contributed by atoms with van der Waals surface area (Å²) in [6, 6.07) is 4.87. The lowest BCUT2D eigenvalue weighted by Gasteiger charge is -2.18. The molecule has 2 rings (SSSR count). The van der Waals surface area contributed by atoms with Crippen LogP contribution >= 0.6 is 0 Å². The summed E-state index contributed by atoms with van der Waals surface area (Å²) in [5, 5.41) is 2.78. The molecule has 1 heterocycles. The van der Waals surface area contributed by atoms with Crippen molar-refractivity contribution < 1.29 is 9.59 Å². The molecule has 0 spiro atoms. The lowest BCUT2D eigenvalue weighted by molar-refractivity contribution is -0.116. The fourth-order valence-corrected chi connectivity index (χ4v) is 1.69. The normalized spacial score (nSPS) is 16.5. The fourth-order valence-electron chi connectivity index (χ4n) is 1.69. The highest BCUT2D eigenvalue weighted by molar-refractivity contribution is 5.94. The Balaban J connectivity index is 2.34. The van der Waals surface area contributed by atoms with Crippen molar-refractivity contribution in [1.29, 1.82) is 0 Å². The number of aldehydes is 1. The molecule has 0 aliphatic carbocycles. The minimum atomic E-state index is -0.576. The fraction of sp³-hybridized carbons (Fsp3) is 0.273. The van der Waals surface area contributed by atoms with Crippen molar-refractivity contribution in [3.8, 4) is 0 Å². The monoisotopic (exact) mass is 204 g/mol. The lowest BCUT2D eigenvalue weighted by Crippen LogP contribution is -2.20. The first-order valence-corrected chi connectivity index (χ1v) is 4.84. The van der Waals surface area contributed by atoms with Crippen LogP contribution in [0.4, 0.5) is 5.69 Å². The molecule has 0 radical (unpaired) electrons. The molecule has 1 atom stereocenters. The van der Waals surface area contributed by atoms with E-state index in [1.54, 1.807) is 12.1 Å². The molecule has 0 fully saturated rings. The molecule has 1 aromatic rings. The Morgan fingerprint density at radius 1 is 1.40 bits per heavy atom. The van der Waals surface area contributed by atoms with Crippen molar-refractivity contribution in [1.82, 2.24) is 0 Å². The van der Waals surface area contributed by atoms with Gasteiger partial charge in [-0.25, -0.2) is 0 Å². The minimum Gasteiger partial charge on any atom is -0.326 e. The van der Waals surface area contributed by atoms with Gasteiger partial charge in [-0.05, 0) is 23.6 Å². The molecule has 0 bridgehead atoms. The number of nitrogens with two attached hydrogens (primary N) is 1. The Hall–Kier alpha value is -1.68. The highest BCUT2D eigenvalue weighted by atomic mass is 16.1. The standard InChI is InChI=1S/C11H12N2O2/c12-9(6-14)7-1-3-10-8(5-7)2-4-11(15)13-10/h1,3,5-6,9H,2,4,12H2,(H,13,15). The predicted molar refractivity (Wildman–Crippen MR) is 56.4 cm³/mol. The molecule has 0 saturated heterocycles. The summed E-state index contributed by atoms with van der Waals surface area (Å²) in [6.45, 7) is 0. The molecule has 4 heteroatoms. The summed E-state index contributed by atoms with van der Waals surface area (Å²) >= 11 is 0. The Morgan fingerprint density at radius 2 is 2.20 bits per heavy atom. The van der Waals surface area contributed by atoms with Crippen LogP contribution in [0, 0.1) is 0 Å². The smallest absolute Gasteiger partial charge is 0.224 e. The molecule has 4 nitrogen and oxygen atoms in total. The molecular weight excluding hydrogens is 192 g/mol. The van der Waals surface area contributed by atoms with Gasteiger partial charge < -0.3 is 15.8 Å². The van der Waals surface area contributed by atoms with Crippen LogP contribution < -0.4 is 11.1 Å². The van der Waals surface area contributed by atoms with Crippen LogP contribution in [-0.2, 0) is 16.0 Å². The van der Waals surface area contributed by atoms with Gasteiger partial charge in [0.25, 0.3) is 0 Å². The number of fused-ring (bicyclic) bond motifs is 1. The summed E-state index contributed by atoms with van der Waals surface area (Å²) < 4.78 is 0. The van der Waals surface area contributed by atoms with Gasteiger partial charge in [-0.15, -0.1) is 0 Å². The zero-order valence-electron chi connectivity index (χ0n) is 8.19. The summed E-state index contributed by atoms with van der Waals surface area (Å²) in [5.74, 6) is 0.0370. The zero-order valence-corrected chi connectivity index (χ0v) is 8.19. The van der Waals surface area contributed by atoms with Crippen LogP contribution in [0.15, 0.2) is 18.2 Å². The number of amides is 1. The van der Waals surface area contributed by atoms with Crippen LogP contribution in [-0.4, -0.2) is 12.2 Å². The maximum Gasteiger partial charge on any atom is 0.224 e. The van der Waals surface area contributed by atoms with Crippen LogP contribution in [0.3, 0.4) is 0 Å². The third-order valence-corrected chi connectivity index (χ3v) is 2.56. The number of nitrogens with one attached hydrogen (secondary N) is 1. The molecule has 1 amide bonds. The van der Waals surface area contributed by atoms with E-state index in [-0.39, 0.29) is 5.91 Å². The molecule has 3 N–H and O–H groups in total. The quantitative estimate of drug-likeness (QED) is 0.699. The molecule has 1 aromatic carbocycles. The van der Waals surface area contributed by atoms with Crippen molar-refractivity contribution in [2.45, 2.75) is 18.9 Å². The van der Waals surface area contributed by atoms with E-state index in [2.05, 4.69) is 5.32 Å². The number of anilines is 1. The average molecular weight is 204 g/mol. The topological polar surface area (TPSA) is 72.2 Å². The number of hydrogen-bond donors (Lipinski definition) is 2. The van der Waals surface area contributed by atoms with E-state index in [1.165, 1.54) is 0 Å².